The van der Waals surface area contributed by atoms with Crippen molar-refractivity contribution in [1.29, 1.82) is 0 Å². The zero-order chi connectivity index (χ0) is 28.6. The van der Waals surface area contributed by atoms with Crippen LogP contribution in [-0.4, -0.2) is 48.7 Å². The highest BCUT2D eigenvalue weighted by molar-refractivity contribution is 7.99. The molecule has 1 aliphatic heterocycles. The van der Waals surface area contributed by atoms with E-state index in [1.807, 2.05) is 0 Å². The van der Waals surface area contributed by atoms with Crippen molar-refractivity contribution in [2.24, 2.45) is 5.92 Å². The molecule has 0 saturated heterocycles. The normalized spacial score (nSPS) is 15.6. The molecule has 14 heteroatoms. The number of aromatic nitrogens is 4. The number of thioether (sulfide) groups is 1. The summed E-state index contributed by atoms with van der Waals surface area (Å²) >= 11 is 7.39. The number of halogens is 2. The minimum atomic E-state index is -1.18. The van der Waals surface area contributed by atoms with Crippen LogP contribution in [0.3, 0.4) is 0 Å². The Bertz CT molecular complexity index is 1570. The number of aryl methyl sites for hydroxylation is 1. The summed E-state index contributed by atoms with van der Waals surface area (Å²) in [5, 5.41) is 23.8. The van der Waals surface area contributed by atoms with Crippen LogP contribution in [0.5, 0.6) is 0 Å². The zero-order valence-electron chi connectivity index (χ0n) is 21.6. The first-order chi connectivity index (χ1) is 19.0. The molecule has 40 heavy (non-hydrogen) atoms. The lowest BCUT2D eigenvalue weighted by molar-refractivity contribution is -0.122. The summed E-state index contributed by atoms with van der Waals surface area (Å²) < 4.78 is 26.0. The van der Waals surface area contributed by atoms with Crippen molar-refractivity contribution in [2.75, 3.05) is 10.7 Å². The van der Waals surface area contributed by atoms with Gasteiger partial charge in [-0.15, -0.1) is 22.0 Å². The lowest BCUT2D eigenvalue weighted by atomic mass is 9.90. The molecule has 2 amide bonds. The van der Waals surface area contributed by atoms with Gasteiger partial charge in [0.2, 0.25) is 17.6 Å². The van der Waals surface area contributed by atoms with E-state index in [0.29, 0.717) is 27.2 Å². The maximum atomic E-state index is 15.4. The molecule has 4 aromatic rings. The molecule has 1 atom stereocenters. The van der Waals surface area contributed by atoms with Gasteiger partial charge >= 0.3 is 17.9 Å². The van der Waals surface area contributed by atoms with Gasteiger partial charge in [0.15, 0.2) is 0 Å². The summed E-state index contributed by atoms with van der Waals surface area (Å²) in [7, 11) is 0. The molecule has 0 unspecified atom stereocenters. The second-order valence-electron chi connectivity index (χ2n) is 9.93. The number of carbonyl (C=O) groups is 2. The SMILES string of the molecule is Cc1nnc(-c2nc(-c3cc4c(cc3F)SC[C@H](CC(C)(C)NC(=O)O)C(=O)N4Cc3ccc(Cl)cc3)no2)o1. The highest BCUT2D eigenvalue weighted by atomic mass is 35.5. The van der Waals surface area contributed by atoms with Crippen molar-refractivity contribution >= 4 is 41.1 Å². The molecule has 5 rings (SSSR count). The number of nitrogens with one attached hydrogen (secondary N) is 1. The number of hydrogen-bond donors (Lipinski definition) is 2. The van der Waals surface area contributed by atoms with Gasteiger partial charge in [0.25, 0.3) is 0 Å². The summed E-state index contributed by atoms with van der Waals surface area (Å²) in [6, 6.07) is 9.92. The van der Waals surface area contributed by atoms with Crippen LogP contribution in [0.1, 0.15) is 31.7 Å². The molecule has 2 N–H and O–H groups in total. The largest absolute Gasteiger partial charge is 0.465 e. The monoisotopic (exact) mass is 586 g/mol. The maximum Gasteiger partial charge on any atom is 0.405 e. The van der Waals surface area contributed by atoms with Crippen LogP contribution in [0.25, 0.3) is 23.2 Å². The fourth-order valence-corrected chi connectivity index (χ4v) is 5.75. The highest BCUT2D eigenvalue weighted by Gasteiger charge is 2.36. The molecular formula is C26H24ClFN6O5S. The average Bonchev–Trinajstić information content (AvgIpc) is 3.52. The number of carbonyl (C=O) groups excluding carboxylic acids is 1. The zero-order valence-corrected chi connectivity index (χ0v) is 23.2. The van der Waals surface area contributed by atoms with Crippen LogP contribution in [0.2, 0.25) is 5.02 Å². The Morgan fingerprint density at radius 1 is 1.25 bits per heavy atom. The first-order valence-electron chi connectivity index (χ1n) is 12.2. The lowest BCUT2D eigenvalue weighted by Gasteiger charge is -2.31. The Morgan fingerprint density at radius 2 is 2.00 bits per heavy atom. The predicted octanol–water partition coefficient (Wildman–Crippen LogP) is 5.58. The molecule has 1 aliphatic rings. The molecule has 0 aliphatic carbocycles. The molecule has 0 bridgehead atoms. The van der Waals surface area contributed by atoms with E-state index in [2.05, 4.69) is 25.7 Å². The molecule has 0 fully saturated rings. The van der Waals surface area contributed by atoms with E-state index >= 15 is 4.39 Å². The number of anilines is 1. The van der Waals surface area contributed by atoms with Crippen LogP contribution in [0.4, 0.5) is 14.9 Å². The quantitative estimate of drug-likeness (QED) is 0.281. The number of rotatable bonds is 7. The standard InChI is InChI=1S/C26H24ClFN6O5S/c1-13-31-32-23(38-13)22-29-21(33-39-22)17-8-19-20(9-18(17)28)40-12-15(10-26(2,3)30-25(36)37)24(35)34(19)11-14-4-6-16(27)7-5-14/h4-9,15,30H,10-12H2,1-3H3,(H,36,37)/t15-/m0/s1. The highest BCUT2D eigenvalue weighted by Crippen LogP contribution is 2.42. The third-order valence-corrected chi connectivity index (χ3v) is 7.69. The second-order valence-corrected chi connectivity index (χ2v) is 11.4. The smallest absolute Gasteiger partial charge is 0.405 e. The fraction of sp³-hybridized carbons (Fsp3) is 0.308. The van der Waals surface area contributed by atoms with E-state index in [1.54, 1.807) is 49.9 Å². The number of hydrogen-bond acceptors (Lipinski definition) is 9. The molecule has 3 heterocycles. The summed E-state index contributed by atoms with van der Waals surface area (Å²) in [4.78, 5) is 31.7. The first-order valence-corrected chi connectivity index (χ1v) is 13.5. The van der Waals surface area contributed by atoms with Gasteiger partial charge in [-0.25, -0.2) is 9.18 Å². The van der Waals surface area contributed by atoms with Crippen LogP contribution in [0, 0.1) is 18.7 Å². The molecule has 11 nitrogen and oxygen atoms in total. The third kappa shape index (κ3) is 5.94. The van der Waals surface area contributed by atoms with Crippen LogP contribution < -0.4 is 10.2 Å². The Labute approximate surface area is 237 Å². The van der Waals surface area contributed by atoms with Gasteiger partial charge in [0.05, 0.1) is 23.7 Å². The topological polar surface area (TPSA) is 147 Å². The average molecular weight is 587 g/mol. The van der Waals surface area contributed by atoms with Crippen molar-refractivity contribution in [1.82, 2.24) is 25.7 Å². The van der Waals surface area contributed by atoms with E-state index in [4.69, 9.17) is 20.5 Å². The third-order valence-electron chi connectivity index (χ3n) is 6.23. The molecule has 0 saturated carbocycles. The Morgan fingerprint density at radius 3 is 2.67 bits per heavy atom. The predicted molar refractivity (Wildman–Crippen MR) is 144 cm³/mol. The molecule has 208 valence electrons. The Kier molecular flexibility index (Phi) is 7.51. The van der Waals surface area contributed by atoms with Gasteiger partial charge < -0.3 is 24.3 Å². The van der Waals surface area contributed by atoms with Crippen LogP contribution in [0.15, 0.2) is 50.2 Å². The van der Waals surface area contributed by atoms with Gasteiger partial charge in [0.1, 0.15) is 5.82 Å². The number of benzene rings is 2. The van der Waals surface area contributed by atoms with Crippen LogP contribution in [-0.2, 0) is 11.3 Å². The number of fused-ring (bicyclic) bond motifs is 1. The number of nitrogens with zero attached hydrogens (tertiary/aromatic N) is 5. The number of carboxylic acid groups (broad SMARTS) is 1. The summed E-state index contributed by atoms with van der Waals surface area (Å²) in [5.41, 5.74) is 0.412. The molecule has 2 aromatic heterocycles. The van der Waals surface area contributed by atoms with E-state index in [0.717, 1.165) is 5.56 Å². The van der Waals surface area contributed by atoms with E-state index in [-0.39, 0.29) is 42.0 Å². The Hall–Kier alpha value is -3.97. The van der Waals surface area contributed by atoms with Gasteiger partial charge in [-0.2, -0.15) is 4.98 Å². The first kappa shape index (κ1) is 27.6. The van der Waals surface area contributed by atoms with Gasteiger partial charge in [0, 0.05) is 28.1 Å². The minimum Gasteiger partial charge on any atom is -0.465 e. The van der Waals surface area contributed by atoms with Gasteiger partial charge in [-0.05, 0) is 50.1 Å². The van der Waals surface area contributed by atoms with Crippen molar-refractivity contribution in [3.05, 3.63) is 58.7 Å². The molecule has 2 aromatic carbocycles. The molecular weight excluding hydrogens is 563 g/mol. The fourth-order valence-electron chi connectivity index (χ4n) is 4.48. The molecule has 0 spiro atoms. The van der Waals surface area contributed by atoms with Gasteiger partial charge in [-0.3, -0.25) is 4.79 Å². The maximum absolute atomic E-state index is 15.4. The summed E-state index contributed by atoms with van der Waals surface area (Å²) in [6.45, 7) is 5.22. The minimum absolute atomic E-state index is 0.00180. The van der Waals surface area contributed by atoms with Crippen LogP contribution >= 0.6 is 23.4 Å². The lowest BCUT2D eigenvalue weighted by Crippen LogP contribution is -2.47. The van der Waals surface area contributed by atoms with E-state index < -0.39 is 23.4 Å². The van der Waals surface area contributed by atoms with Crippen molar-refractivity contribution in [2.45, 2.75) is 44.2 Å². The number of amides is 2. The van der Waals surface area contributed by atoms with Crippen molar-refractivity contribution in [3.63, 3.8) is 0 Å². The molecule has 0 radical (unpaired) electrons. The van der Waals surface area contributed by atoms with Crippen molar-refractivity contribution in [3.8, 4) is 23.2 Å². The van der Waals surface area contributed by atoms with E-state index in [1.165, 1.54) is 23.9 Å². The van der Waals surface area contributed by atoms with E-state index in [9.17, 15) is 14.7 Å². The second kappa shape index (κ2) is 10.9. The Balaban J connectivity index is 1.54. The summed E-state index contributed by atoms with van der Waals surface area (Å²) in [6.07, 6.45) is -0.939. The summed E-state index contributed by atoms with van der Waals surface area (Å²) in [5.74, 6) is -0.882. The van der Waals surface area contributed by atoms with Gasteiger partial charge in [-0.1, -0.05) is 28.9 Å². The van der Waals surface area contributed by atoms with Crippen molar-refractivity contribution < 1.29 is 28.0 Å².